The summed E-state index contributed by atoms with van der Waals surface area (Å²) in [6, 6.07) is 2.82. The van der Waals surface area contributed by atoms with Gasteiger partial charge in [-0.25, -0.2) is 0 Å². The maximum absolute atomic E-state index is 10.9. The molecule has 0 N–H and O–H groups in total. The third kappa shape index (κ3) is 2.04. The molecule has 0 bridgehead atoms. The van der Waals surface area contributed by atoms with Gasteiger partial charge in [0.05, 0.1) is 10.5 Å². The second-order valence-electron chi connectivity index (χ2n) is 3.50. The molecule has 1 heterocycles. The molecular formula is C10H9NO6. The van der Waals surface area contributed by atoms with E-state index in [-0.39, 0.29) is 24.3 Å². The average Bonchev–Trinajstić information content (AvgIpc) is 2.74. The number of ether oxygens (including phenoxy) is 1. The van der Waals surface area contributed by atoms with Crippen molar-refractivity contribution in [2.75, 3.05) is 0 Å². The Bertz CT molecular complexity index is 472. The third-order valence-corrected chi connectivity index (χ3v) is 2.47. The van der Waals surface area contributed by atoms with Gasteiger partial charge in [0.15, 0.2) is 5.75 Å². The van der Waals surface area contributed by atoms with Crippen LogP contribution in [0.4, 0.5) is 5.69 Å². The quantitative estimate of drug-likeness (QED) is 0.343. The first-order valence-corrected chi connectivity index (χ1v) is 4.83. The van der Waals surface area contributed by atoms with Crippen molar-refractivity contribution in [3.63, 3.8) is 0 Å². The lowest BCUT2D eigenvalue weighted by atomic mass is 10.0. The molecule has 90 valence electrons. The summed E-state index contributed by atoms with van der Waals surface area (Å²) >= 11 is 0. The minimum atomic E-state index is -0.720. The highest BCUT2D eigenvalue weighted by molar-refractivity contribution is 5.52. The van der Waals surface area contributed by atoms with Crippen molar-refractivity contribution in [2.24, 2.45) is 0 Å². The van der Waals surface area contributed by atoms with E-state index in [0.29, 0.717) is 11.3 Å². The van der Waals surface area contributed by atoms with E-state index in [0.717, 1.165) is 0 Å². The second-order valence-corrected chi connectivity index (χ2v) is 3.50. The predicted molar refractivity (Wildman–Crippen MR) is 54.1 cm³/mol. The SMILES string of the molecule is CC(OC=O)c1cc2c(cc1[N+](=O)[O-])COO2. The Hall–Kier alpha value is -2.15. The van der Waals surface area contributed by atoms with Crippen molar-refractivity contribution in [1.29, 1.82) is 0 Å². The fourth-order valence-electron chi connectivity index (χ4n) is 1.61. The first-order valence-electron chi connectivity index (χ1n) is 4.83. The summed E-state index contributed by atoms with van der Waals surface area (Å²) in [7, 11) is 0. The molecule has 1 aliphatic heterocycles. The summed E-state index contributed by atoms with van der Waals surface area (Å²) in [5.74, 6) is 0.409. The van der Waals surface area contributed by atoms with Gasteiger partial charge in [-0.05, 0) is 13.0 Å². The predicted octanol–water partition coefficient (Wildman–Crippen LogP) is 1.65. The Kier molecular flexibility index (Phi) is 2.92. The average molecular weight is 239 g/mol. The summed E-state index contributed by atoms with van der Waals surface area (Å²) in [4.78, 5) is 30.2. The Labute approximate surface area is 96.0 Å². The van der Waals surface area contributed by atoms with Crippen LogP contribution in [0.3, 0.4) is 0 Å². The Balaban J connectivity index is 2.48. The summed E-state index contributed by atoms with van der Waals surface area (Å²) in [5, 5.41) is 10.9. The highest BCUT2D eigenvalue weighted by atomic mass is 17.2. The van der Waals surface area contributed by atoms with Crippen LogP contribution in [0.5, 0.6) is 5.75 Å². The first-order chi connectivity index (χ1) is 8.13. The second kappa shape index (κ2) is 4.38. The maximum atomic E-state index is 10.9. The number of fused-ring (bicyclic) bond motifs is 1. The molecule has 1 aliphatic rings. The van der Waals surface area contributed by atoms with Crippen molar-refractivity contribution < 1.29 is 24.2 Å². The number of nitro benzene ring substituents is 1. The topological polar surface area (TPSA) is 87.9 Å². The molecule has 2 rings (SSSR count). The molecule has 0 spiro atoms. The normalized spacial score (nSPS) is 14.6. The van der Waals surface area contributed by atoms with Crippen LogP contribution in [0.1, 0.15) is 24.2 Å². The standard InChI is InChI=1S/C10H9NO6/c1-6(15-5-12)8-3-10-7(4-16-17-10)2-9(8)11(13)14/h2-3,5-6H,4H2,1H3. The molecule has 0 aliphatic carbocycles. The summed E-state index contributed by atoms with van der Waals surface area (Å²) in [6.45, 7) is 1.96. The largest absolute Gasteiger partial charge is 0.460 e. The van der Waals surface area contributed by atoms with Crippen LogP contribution >= 0.6 is 0 Å². The lowest BCUT2D eigenvalue weighted by molar-refractivity contribution is -0.386. The van der Waals surface area contributed by atoms with Gasteiger partial charge in [0, 0.05) is 11.6 Å². The minimum absolute atomic E-state index is 0.118. The van der Waals surface area contributed by atoms with E-state index in [2.05, 4.69) is 0 Å². The summed E-state index contributed by atoms with van der Waals surface area (Å²) in [5.41, 5.74) is 0.748. The molecule has 1 aromatic rings. The highest BCUT2D eigenvalue weighted by Gasteiger charge is 2.26. The molecule has 7 nitrogen and oxygen atoms in total. The molecule has 0 fully saturated rings. The Morgan fingerprint density at radius 3 is 3.00 bits per heavy atom. The maximum Gasteiger partial charge on any atom is 0.293 e. The number of benzene rings is 1. The fraction of sp³-hybridized carbons (Fsp3) is 0.300. The number of carbonyl (C=O) groups excluding carboxylic acids is 1. The van der Waals surface area contributed by atoms with Crippen molar-refractivity contribution in [1.82, 2.24) is 0 Å². The van der Waals surface area contributed by atoms with Crippen molar-refractivity contribution in [3.8, 4) is 5.75 Å². The number of nitro groups is 1. The van der Waals surface area contributed by atoms with Gasteiger partial charge in [-0.15, -0.1) is 0 Å². The van der Waals surface area contributed by atoms with Crippen LogP contribution in [-0.4, -0.2) is 11.4 Å². The number of rotatable bonds is 4. The molecule has 17 heavy (non-hydrogen) atoms. The van der Waals surface area contributed by atoms with E-state index < -0.39 is 11.0 Å². The summed E-state index contributed by atoms with van der Waals surface area (Å²) < 4.78 is 4.70. The number of hydrogen-bond acceptors (Lipinski definition) is 6. The molecular weight excluding hydrogens is 230 g/mol. The van der Waals surface area contributed by atoms with Crippen molar-refractivity contribution in [3.05, 3.63) is 33.4 Å². The van der Waals surface area contributed by atoms with Gasteiger partial charge in [0.1, 0.15) is 12.7 Å². The molecule has 1 atom stereocenters. The molecule has 7 heteroatoms. The van der Waals surface area contributed by atoms with Crippen LogP contribution in [0.15, 0.2) is 12.1 Å². The molecule has 0 saturated carbocycles. The van der Waals surface area contributed by atoms with Gasteiger partial charge in [-0.3, -0.25) is 14.9 Å². The van der Waals surface area contributed by atoms with Crippen molar-refractivity contribution in [2.45, 2.75) is 19.6 Å². The van der Waals surface area contributed by atoms with Gasteiger partial charge in [0.25, 0.3) is 12.2 Å². The van der Waals surface area contributed by atoms with E-state index in [1.807, 2.05) is 0 Å². The molecule has 0 aromatic heterocycles. The fourth-order valence-corrected chi connectivity index (χ4v) is 1.61. The van der Waals surface area contributed by atoms with E-state index in [4.69, 9.17) is 14.5 Å². The zero-order chi connectivity index (χ0) is 12.4. The lowest BCUT2D eigenvalue weighted by Gasteiger charge is -2.10. The number of hydrogen-bond donors (Lipinski definition) is 0. The number of nitrogens with zero attached hydrogens (tertiary/aromatic N) is 1. The van der Waals surface area contributed by atoms with E-state index in [1.165, 1.54) is 12.1 Å². The van der Waals surface area contributed by atoms with Gasteiger partial charge in [-0.2, -0.15) is 4.89 Å². The Morgan fingerprint density at radius 2 is 2.35 bits per heavy atom. The van der Waals surface area contributed by atoms with Gasteiger partial charge < -0.3 is 9.62 Å². The van der Waals surface area contributed by atoms with Gasteiger partial charge in [-0.1, -0.05) is 0 Å². The zero-order valence-corrected chi connectivity index (χ0v) is 8.91. The molecule has 1 aromatic carbocycles. The van der Waals surface area contributed by atoms with Gasteiger partial charge >= 0.3 is 0 Å². The van der Waals surface area contributed by atoms with E-state index in [9.17, 15) is 14.9 Å². The van der Waals surface area contributed by atoms with Gasteiger partial charge in [0.2, 0.25) is 0 Å². The Morgan fingerprint density at radius 1 is 1.59 bits per heavy atom. The van der Waals surface area contributed by atoms with Crippen LogP contribution in [0.25, 0.3) is 0 Å². The molecule has 1 unspecified atom stereocenters. The van der Waals surface area contributed by atoms with E-state index >= 15 is 0 Å². The smallest absolute Gasteiger partial charge is 0.293 e. The van der Waals surface area contributed by atoms with E-state index in [1.54, 1.807) is 6.92 Å². The number of carbonyl (C=O) groups is 1. The molecule has 0 radical (unpaired) electrons. The van der Waals surface area contributed by atoms with Crippen LogP contribution in [-0.2, 0) is 21.0 Å². The minimum Gasteiger partial charge on any atom is -0.460 e. The van der Waals surface area contributed by atoms with Crippen LogP contribution in [0.2, 0.25) is 0 Å². The molecule has 0 amide bonds. The van der Waals surface area contributed by atoms with Crippen LogP contribution in [0, 0.1) is 10.1 Å². The monoisotopic (exact) mass is 239 g/mol. The summed E-state index contributed by atoms with van der Waals surface area (Å²) in [6.07, 6.45) is -0.720. The lowest BCUT2D eigenvalue weighted by Crippen LogP contribution is -2.03. The zero-order valence-electron chi connectivity index (χ0n) is 8.91. The van der Waals surface area contributed by atoms with Crippen molar-refractivity contribution >= 4 is 12.2 Å². The highest BCUT2D eigenvalue weighted by Crippen LogP contribution is 2.36. The third-order valence-electron chi connectivity index (χ3n) is 2.47. The van der Waals surface area contributed by atoms with Crippen LogP contribution < -0.4 is 4.89 Å². The first kappa shape index (κ1) is 11.3. The molecule has 0 saturated heterocycles.